The second-order valence-electron chi connectivity index (χ2n) is 5.80. The summed E-state index contributed by atoms with van der Waals surface area (Å²) in [7, 11) is 0. The van der Waals surface area contributed by atoms with Crippen LogP contribution in [0.3, 0.4) is 0 Å². The van der Waals surface area contributed by atoms with E-state index in [2.05, 4.69) is 20.8 Å². The zero-order valence-corrected chi connectivity index (χ0v) is 14.5. The molecule has 4 rings (SSSR count). The zero-order valence-electron chi connectivity index (χ0n) is 12.2. The molecule has 0 spiro atoms. The molecule has 1 aromatic carbocycles. The van der Waals surface area contributed by atoms with Crippen molar-refractivity contribution < 1.29 is 4.79 Å². The van der Waals surface area contributed by atoms with Gasteiger partial charge in [-0.25, -0.2) is 0 Å². The molecule has 0 aliphatic carbocycles. The van der Waals surface area contributed by atoms with E-state index < -0.39 is 0 Å². The summed E-state index contributed by atoms with van der Waals surface area (Å²) in [5.41, 5.74) is 0. The van der Waals surface area contributed by atoms with Gasteiger partial charge in [-0.15, -0.1) is 10.2 Å². The van der Waals surface area contributed by atoms with Crippen molar-refractivity contribution in [1.29, 1.82) is 0 Å². The first kappa shape index (κ1) is 15.4. The van der Waals surface area contributed by atoms with Crippen molar-refractivity contribution >= 4 is 40.6 Å². The van der Waals surface area contributed by atoms with Gasteiger partial charge >= 0.3 is 0 Å². The number of carbonyl (C=O) groups is 1. The van der Waals surface area contributed by atoms with Gasteiger partial charge in [-0.3, -0.25) is 4.79 Å². The Morgan fingerprint density at radius 3 is 3.04 bits per heavy atom. The first-order valence-electron chi connectivity index (χ1n) is 7.51. The SMILES string of the molecule is O=C(NC1CC2CCC1N2)c1nnc(Sc2cccc(Cl)c2)s1. The Labute approximate surface area is 147 Å². The molecule has 3 unspecified atom stereocenters. The molecule has 2 fully saturated rings. The molecule has 2 aliphatic rings. The molecule has 1 aromatic heterocycles. The maximum atomic E-state index is 12.3. The molecule has 0 saturated carbocycles. The summed E-state index contributed by atoms with van der Waals surface area (Å²) >= 11 is 8.75. The topological polar surface area (TPSA) is 66.9 Å². The molecule has 2 aliphatic heterocycles. The maximum absolute atomic E-state index is 12.3. The van der Waals surface area contributed by atoms with Crippen molar-refractivity contribution in [3.8, 4) is 0 Å². The molecule has 2 saturated heterocycles. The van der Waals surface area contributed by atoms with E-state index >= 15 is 0 Å². The first-order chi connectivity index (χ1) is 11.2. The second-order valence-corrected chi connectivity index (χ2v) is 8.53. The second kappa shape index (κ2) is 6.39. The lowest BCUT2D eigenvalue weighted by atomic mass is 9.95. The van der Waals surface area contributed by atoms with E-state index in [0.29, 0.717) is 22.1 Å². The Hall–Kier alpha value is -1.15. The fourth-order valence-electron chi connectivity index (χ4n) is 3.19. The highest BCUT2D eigenvalue weighted by atomic mass is 35.5. The number of hydrogen-bond donors (Lipinski definition) is 2. The predicted octanol–water partition coefficient (Wildman–Crippen LogP) is 2.97. The van der Waals surface area contributed by atoms with Crippen LogP contribution in [-0.4, -0.2) is 34.2 Å². The highest BCUT2D eigenvalue weighted by Crippen LogP contribution is 2.32. The van der Waals surface area contributed by atoms with Crippen molar-refractivity contribution in [2.45, 2.75) is 46.6 Å². The largest absolute Gasteiger partial charge is 0.346 e. The Kier molecular flexibility index (Phi) is 4.27. The van der Waals surface area contributed by atoms with Crippen LogP contribution in [0.2, 0.25) is 5.02 Å². The van der Waals surface area contributed by atoms with Gasteiger partial charge < -0.3 is 10.6 Å². The summed E-state index contributed by atoms with van der Waals surface area (Å²) in [6.07, 6.45) is 3.37. The normalized spacial score (nSPS) is 25.7. The number of carbonyl (C=O) groups excluding carboxylic acids is 1. The standard InChI is InChI=1S/C15H15ClN4OS2/c16-8-2-1-3-10(6-8)22-15-20-19-14(23-15)13(21)18-12-7-9-4-5-11(12)17-9/h1-3,6,9,11-12,17H,4-5,7H2,(H,18,21). The van der Waals surface area contributed by atoms with Crippen LogP contribution in [0.4, 0.5) is 0 Å². The molecule has 120 valence electrons. The molecule has 3 heterocycles. The summed E-state index contributed by atoms with van der Waals surface area (Å²) in [6.45, 7) is 0. The summed E-state index contributed by atoms with van der Waals surface area (Å²) in [6, 6.07) is 8.74. The summed E-state index contributed by atoms with van der Waals surface area (Å²) in [5, 5.41) is 15.8. The van der Waals surface area contributed by atoms with Crippen LogP contribution in [0.1, 0.15) is 29.1 Å². The summed E-state index contributed by atoms with van der Waals surface area (Å²) < 4.78 is 0.739. The van der Waals surface area contributed by atoms with Gasteiger partial charge in [0.1, 0.15) is 0 Å². The van der Waals surface area contributed by atoms with Crippen LogP contribution < -0.4 is 10.6 Å². The third-order valence-corrected chi connectivity index (χ3v) is 6.42. The minimum Gasteiger partial charge on any atom is -0.346 e. The van der Waals surface area contributed by atoms with Crippen LogP contribution in [0.5, 0.6) is 0 Å². The third kappa shape index (κ3) is 3.38. The molecule has 0 radical (unpaired) electrons. The van der Waals surface area contributed by atoms with E-state index in [-0.39, 0.29) is 11.9 Å². The average Bonchev–Trinajstić information content (AvgIpc) is 3.23. The molecule has 2 bridgehead atoms. The number of amides is 1. The van der Waals surface area contributed by atoms with E-state index in [4.69, 9.17) is 11.6 Å². The number of nitrogens with zero attached hydrogens (tertiary/aromatic N) is 2. The molecule has 2 aromatic rings. The van der Waals surface area contributed by atoms with Gasteiger partial charge in [0.15, 0.2) is 4.34 Å². The van der Waals surface area contributed by atoms with Crippen molar-refractivity contribution in [3.63, 3.8) is 0 Å². The fraction of sp³-hybridized carbons (Fsp3) is 0.400. The highest BCUT2D eigenvalue weighted by molar-refractivity contribution is 8.01. The Morgan fingerprint density at radius 2 is 2.30 bits per heavy atom. The molecular formula is C15H15ClN4OS2. The lowest BCUT2D eigenvalue weighted by Gasteiger charge is -2.20. The number of fused-ring (bicyclic) bond motifs is 2. The van der Waals surface area contributed by atoms with E-state index in [0.717, 1.165) is 22.1 Å². The summed E-state index contributed by atoms with van der Waals surface area (Å²) in [5.74, 6) is -0.125. The van der Waals surface area contributed by atoms with Gasteiger partial charge in [0.05, 0.1) is 0 Å². The Bertz CT molecular complexity index is 738. The van der Waals surface area contributed by atoms with Crippen LogP contribution in [0.15, 0.2) is 33.5 Å². The Balaban J connectivity index is 1.40. The van der Waals surface area contributed by atoms with Gasteiger partial charge in [0.2, 0.25) is 5.01 Å². The van der Waals surface area contributed by atoms with Gasteiger partial charge in [-0.05, 0) is 37.5 Å². The van der Waals surface area contributed by atoms with Gasteiger partial charge in [-0.2, -0.15) is 0 Å². The maximum Gasteiger partial charge on any atom is 0.282 e. The fourth-order valence-corrected chi connectivity index (χ4v) is 5.23. The van der Waals surface area contributed by atoms with E-state index in [1.54, 1.807) is 0 Å². The number of aromatic nitrogens is 2. The average molecular weight is 367 g/mol. The first-order valence-corrected chi connectivity index (χ1v) is 9.52. The van der Waals surface area contributed by atoms with Crippen LogP contribution in [-0.2, 0) is 0 Å². The molecule has 23 heavy (non-hydrogen) atoms. The third-order valence-electron chi connectivity index (χ3n) is 4.22. The Morgan fingerprint density at radius 1 is 1.39 bits per heavy atom. The molecule has 5 nitrogen and oxygen atoms in total. The van der Waals surface area contributed by atoms with Crippen LogP contribution in [0.25, 0.3) is 0 Å². The van der Waals surface area contributed by atoms with Gasteiger partial charge in [0, 0.05) is 28.0 Å². The quantitative estimate of drug-likeness (QED) is 0.870. The van der Waals surface area contributed by atoms with Crippen LogP contribution >= 0.6 is 34.7 Å². The number of hydrogen-bond acceptors (Lipinski definition) is 6. The molecule has 2 N–H and O–H groups in total. The zero-order chi connectivity index (χ0) is 15.8. The molecular weight excluding hydrogens is 352 g/mol. The van der Waals surface area contributed by atoms with Gasteiger partial charge in [-0.1, -0.05) is 40.8 Å². The minimum atomic E-state index is -0.125. The molecule has 8 heteroatoms. The number of nitrogens with one attached hydrogen (secondary N) is 2. The van der Waals surface area contributed by atoms with Crippen molar-refractivity contribution in [2.24, 2.45) is 0 Å². The number of benzene rings is 1. The molecule has 3 atom stereocenters. The van der Waals surface area contributed by atoms with Crippen molar-refractivity contribution in [3.05, 3.63) is 34.3 Å². The van der Waals surface area contributed by atoms with Crippen LogP contribution in [0, 0.1) is 0 Å². The van der Waals surface area contributed by atoms with E-state index in [1.807, 2.05) is 24.3 Å². The smallest absolute Gasteiger partial charge is 0.282 e. The van der Waals surface area contributed by atoms with E-state index in [9.17, 15) is 4.79 Å². The highest BCUT2D eigenvalue weighted by Gasteiger charge is 2.40. The van der Waals surface area contributed by atoms with Crippen molar-refractivity contribution in [2.75, 3.05) is 0 Å². The monoisotopic (exact) mass is 366 g/mol. The van der Waals surface area contributed by atoms with Crippen molar-refractivity contribution in [1.82, 2.24) is 20.8 Å². The van der Waals surface area contributed by atoms with E-state index in [1.165, 1.54) is 29.5 Å². The lowest BCUT2D eigenvalue weighted by molar-refractivity contribution is 0.0930. The number of rotatable bonds is 4. The predicted molar refractivity (Wildman–Crippen MR) is 91.3 cm³/mol. The summed E-state index contributed by atoms with van der Waals surface area (Å²) in [4.78, 5) is 13.3. The lowest BCUT2D eigenvalue weighted by Crippen LogP contribution is -2.42. The van der Waals surface area contributed by atoms with Gasteiger partial charge in [0.25, 0.3) is 5.91 Å². The number of halogens is 1. The molecule has 1 amide bonds. The minimum absolute atomic E-state index is 0.125.